The molecular formula is C18H22N4O. The Morgan fingerprint density at radius 1 is 1.09 bits per heavy atom. The lowest BCUT2D eigenvalue weighted by Crippen LogP contribution is -2.42. The molecule has 0 amide bonds. The molecule has 2 aromatic rings. The summed E-state index contributed by atoms with van der Waals surface area (Å²) < 4.78 is 1.94. The molecule has 2 heterocycles. The average molecular weight is 310 g/mol. The lowest BCUT2D eigenvalue weighted by Gasteiger charge is -2.36. The van der Waals surface area contributed by atoms with E-state index in [1.807, 2.05) is 28.8 Å². The van der Waals surface area contributed by atoms with Gasteiger partial charge >= 0.3 is 5.69 Å². The van der Waals surface area contributed by atoms with Crippen molar-refractivity contribution in [2.24, 2.45) is 5.92 Å². The number of piperidine rings is 1. The maximum Gasteiger partial charge on any atom is 0.326 e. The van der Waals surface area contributed by atoms with Crippen LogP contribution in [0.5, 0.6) is 0 Å². The Hall–Kier alpha value is -2.06. The molecule has 0 bridgehead atoms. The van der Waals surface area contributed by atoms with Gasteiger partial charge in [-0.3, -0.25) is 4.57 Å². The van der Waals surface area contributed by atoms with E-state index in [4.69, 9.17) is 5.26 Å². The maximum absolute atomic E-state index is 12.3. The SMILES string of the molecule is N#CC1CCC(N2CCC(n3c(=O)[nH]c4ccccc43)CC2)C1. The third kappa shape index (κ3) is 2.57. The maximum atomic E-state index is 12.3. The summed E-state index contributed by atoms with van der Waals surface area (Å²) in [4.78, 5) is 17.8. The van der Waals surface area contributed by atoms with Gasteiger partial charge in [0, 0.05) is 31.1 Å². The average Bonchev–Trinajstić information content (AvgIpc) is 3.18. The number of fused-ring (bicyclic) bond motifs is 1. The van der Waals surface area contributed by atoms with Crippen LogP contribution in [-0.2, 0) is 0 Å². The third-order valence-corrected chi connectivity index (χ3v) is 5.59. The number of rotatable bonds is 2. The Morgan fingerprint density at radius 3 is 2.61 bits per heavy atom. The van der Waals surface area contributed by atoms with Crippen molar-refractivity contribution in [3.8, 4) is 6.07 Å². The molecule has 4 rings (SSSR count). The second-order valence-electron chi connectivity index (χ2n) is 6.88. The molecule has 1 aromatic heterocycles. The van der Waals surface area contributed by atoms with E-state index < -0.39 is 0 Å². The molecule has 1 saturated heterocycles. The molecule has 5 nitrogen and oxygen atoms in total. The van der Waals surface area contributed by atoms with Crippen LogP contribution in [-0.4, -0.2) is 33.6 Å². The molecule has 2 aliphatic rings. The highest BCUT2D eigenvalue weighted by molar-refractivity contribution is 5.75. The van der Waals surface area contributed by atoms with E-state index in [2.05, 4.69) is 16.0 Å². The first-order chi connectivity index (χ1) is 11.3. The Morgan fingerprint density at radius 2 is 1.87 bits per heavy atom. The van der Waals surface area contributed by atoms with E-state index in [1.165, 1.54) is 0 Å². The lowest BCUT2D eigenvalue weighted by molar-refractivity contribution is 0.135. The van der Waals surface area contributed by atoms with Gasteiger partial charge in [0.25, 0.3) is 0 Å². The van der Waals surface area contributed by atoms with Crippen molar-refractivity contribution < 1.29 is 0 Å². The van der Waals surface area contributed by atoms with Gasteiger partial charge in [-0.05, 0) is 44.2 Å². The van der Waals surface area contributed by atoms with Crippen molar-refractivity contribution >= 4 is 11.0 Å². The highest BCUT2D eigenvalue weighted by atomic mass is 16.1. The quantitative estimate of drug-likeness (QED) is 0.927. The van der Waals surface area contributed by atoms with Crippen LogP contribution in [0.2, 0.25) is 0 Å². The van der Waals surface area contributed by atoms with Gasteiger partial charge in [-0.15, -0.1) is 0 Å². The summed E-state index contributed by atoms with van der Waals surface area (Å²) in [7, 11) is 0. The van der Waals surface area contributed by atoms with Crippen molar-refractivity contribution in [3.63, 3.8) is 0 Å². The van der Waals surface area contributed by atoms with E-state index in [0.717, 1.165) is 56.2 Å². The van der Waals surface area contributed by atoms with Crippen LogP contribution in [0.25, 0.3) is 11.0 Å². The molecule has 0 spiro atoms. The lowest BCUT2D eigenvalue weighted by atomic mass is 10.0. The summed E-state index contributed by atoms with van der Waals surface area (Å²) in [6.07, 6.45) is 5.23. The number of nitrogens with one attached hydrogen (secondary N) is 1. The van der Waals surface area contributed by atoms with Crippen LogP contribution in [0.1, 0.15) is 38.1 Å². The largest absolute Gasteiger partial charge is 0.326 e. The summed E-state index contributed by atoms with van der Waals surface area (Å²) in [5.41, 5.74) is 1.95. The Balaban J connectivity index is 1.48. The Bertz CT molecular complexity index is 791. The fourth-order valence-electron chi connectivity index (χ4n) is 4.35. The number of hydrogen-bond donors (Lipinski definition) is 1. The first-order valence-electron chi connectivity index (χ1n) is 8.59. The van der Waals surface area contributed by atoms with E-state index in [9.17, 15) is 4.79 Å². The zero-order valence-electron chi connectivity index (χ0n) is 13.2. The zero-order valence-corrected chi connectivity index (χ0v) is 13.2. The molecule has 1 aliphatic carbocycles. The number of hydrogen-bond acceptors (Lipinski definition) is 3. The number of nitriles is 1. The van der Waals surface area contributed by atoms with Crippen LogP contribution in [0.3, 0.4) is 0 Å². The number of nitrogens with zero attached hydrogens (tertiary/aromatic N) is 3. The highest BCUT2D eigenvalue weighted by Gasteiger charge is 2.32. The van der Waals surface area contributed by atoms with E-state index in [0.29, 0.717) is 6.04 Å². The fourth-order valence-corrected chi connectivity index (χ4v) is 4.35. The number of aromatic amines is 1. The fraction of sp³-hybridized carbons (Fsp3) is 0.556. The highest BCUT2D eigenvalue weighted by Crippen LogP contribution is 2.33. The number of aromatic nitrogens is 2. The van der Waals surface area contributed by atoms with Gasteiger partial charge in [0.2, 0.25) is 0 Å². The van der Waals surface area contributed by atoms with E-state index in [-0.39, 0.29) is 17.6 Å². The summed E-state index contributed by atoms with van der Waals surface area (Å²) in [6.45, 7) is 2.05. The first-order valence-corrected chi connectivity index (χ1v) is 8.59. The Kier molecular flexibility index (Phi) is 3.70. The molecule has 2 unspecified atom stereocenters. The van der Waals surface area contributed by atoms with E-state index >= 15 is 0 Å². The summed E-state index contributed by atoms with van der Waals surface area (Å²) in [6, 6.07) is 11.2. The van der Waals surface area contributed by atoms with Crippen LogP contribution in [0.4, 0.5) is 0 Å². The van der Waals surface area contributed by atoms with Crippen molar-refractivity contribution in [1.82, 2.24) is 14.5 Å². The van der Waals surface area contributed by atoms with Gasteiger partial charge in [0.05, 0.1) is 17.1 Å². The van der Waals surface area contributed by atoms with Crippen LogP contribution in [0, 0.1) is 17.2 Å². The predicted octanol–water partition coefficient (Wildman–Crippen LogP) is 2.66. The van der Waals surface area contributed by atoms with Gasteiger partial charge < -0.3 is 9.88 Å². The first kappa shape index (κ1) is 14.5. The number of H-pyrrole nitrogens is 1. The van der Waals surface area contributed by atoms with Gasteiger partial charge in [0.1, 0.15) is 0 Å². The number of imidazole rings is 1. The Labute approximate surface area is 135 Å². The molecule has 1 aliphatic heterocycles. The normalized spacial score (nSPS) is 26.6. The molecule has 1 saturated carbocycles. The molecule has 1 aromatic carbocycles. The molecule has 1 N–H and O–H groups in total. The van der Waals surface area contributed by atoms with Gasteiger partial charge in [-0.1, -0.05) is 12.1 Å². The second kappa shape index (κ2) is 5.86. The minimum absolute atomic E-state index is 0.00932. The van der Waals surface area contributed by atoms with Crippen LogP contribution < -0.4 is 5.69 Å². The summed E-state index contributed by atoms with van der Waals surface area (Å²) in [5.74, 6) is 0.244. The predicted molar refractivity (Wildman–Crippen MR) is 89.1 cm³/mol. The molecule has 0 radical (unpaired) electrons. The van der Waals surface area contributed by atoms with E-state index in [1.54, 1.807) is 0 Å². The minimum Gasteiger partial charge on any atom is -0.306 e. The van der Waals surface area contributed by atoms with Gasteiger partial charge in [-0.2, -0.15) is 5.26 Å². The molecule has 5 heteroatoms. The monoisotopic (exact) mass is 310 g/mol. The molecule has 2 atom stereocenters. The minimum atomic E-state index is 0.00932. The smallest absolute Gasteiger partial charge is 0.306 e. The molecule has 2 fully saturated rings. The number of benzene rings is 1. The molecular weight excluding hydrogens is 288 g/mol. The second-order valence-corrected chi connectivity index (χ2v) is 6.88. The molecule has 120 valence electrons. The number of likely N-dealkylation sites (tertiary alicyclic amines) is 1. The number of para-hydroxylation sites is 2. The van der Waals surface area contributed by atoms with Crippen molar-refractivity contribution in [2.75, 3.05) is 13.1 Å². The standard InChI is InChI=1S/C18H22N4O/c19-12-13-5-6-15(11-13)21-9-7-14(8-10-21)22-17-4-2-1-3-16(17)20-18(22)23/h1-4,13-15H,5-11H2,(H,20,23). The van der Waals surface area contributed by atoms with Crippen molar-refractivity contribution in [3.05, 3.63) is 34.7 Å². The topological polar surface area (TPSA) is 64.8 Å². The summed E-state index contributed by atoms with van der Waals surface area (Å²) >= 11 is 0. The van der Waals surface area contributed by atoms with Crippen molar-refractivity contribution in [2.45, 2.75) is 44.2 Å². The van der Waals surface area contributed by atoms with Crippen LogP contribution >= 0.6 is 0 Å². The third-order valence-electron chi connectivity index (χ3n) is 5.59. The van der Waals surface area contributed by atoms with Crippen LogP contribution in [0.15, 0.2) is 29.1 Å². The van der Waals surface area contributed by atoms with Crippen molar-refractivity contribution in [1.29, 1.82) is 5.26 Å². The zero-order chi connectivity index (χ0) is 15.8. The van der Waals surface area contributed by atoms with Gasteiger partial charge in [-0.25, -0.2) is 4.79 Å². The summed E-state index contributed by atoms with van der Waals surface area (Å²) in [5, 5.41) is 9.07. The molecule has 23 heavy (non-hydrogen) atoms. The van der Waals surface area contributed by atoms with Gasteiger partial charge in [0.15, 0.2) is 0 Å².